The Kier molecular flexibility index (Phi) is 9.50. The van der Waals surface area contributed by atoms with Gasteiger partial charge < -0.3 is 4.74 Å². The maximum Gasteiger partial charge on any atom is 0.0578 e. The number of fused-ring (bicyclic) bond motifs is 3. The van der Waals surface area contributed by atoms with E-state index in [9.17, 15) is 0 Å². The fraction of sp³-hybridized carbons (Fsp3) is 1.00. The summed E-state index contributed by atoms with van der Waals surface area (Å²) in [6.07, 6.45) is 25.3. The van der Waals surface area contributed by atoms with E-state index in [1.807, 2.05) is 0 Å². The summed E-state index contributed by atoms with van der Waals surface area (Å²) in [6.45, 7) is 5.64. The van der Waals surface area contributed by atoms with E-state index < -0.39 is 0 Å². The molecule has 3 aliphatic carbocycles. The molecule has 0 N–H and O–H groups in total. The summed E-state index contributed by atoms with van der Waals surface area (Å²) in [6, 6.07) is 0. The summed E-state index contributed by atoms with van der Waals surface area (Å²) in [5.74, 6) is 5.30. The van der Waals surface area contributed by atoms with Gasteiger partial charge in [0.05, 0.1) is 6.10 Å². The molecule has 0 spiro atoms. The molecule has 0 saturated heterocycles. The molecule has 1 heteroatoms. The number of hydrogen-bond donors (Lipinski definition) is 0. The van der Waals surface area contributed by atoms with Crippen molar-refractivity contribution in [3.63, 3.8) is 0 Å². The Balaban J connectivity index is 1.37. The SMILES string of the molecule is CCCCCCO[C@H]1CCC2C(CCC3C[C@@H](CCCCCC)CCC32)C1. The molecule has 158 valence electrons. The molecule has 0 aliphatic heterocycles. The highest BCUT2D eigenvalue weighted by atomic mass is 16.5. The second-order valence-electron chi connectivity index (χ2n) is 10.3. The first-order valence-electron chi connectivity index (χ1n) is 12.9. The third-order valence-electron chi connectivity index (χ3n) is 8.42. The van der Waals surface area contributed by atoms with Crippen molar-refractivity contribution < 1.29 is 4.74 Å². The summed E-state index contributed by atoms with van der Waals surface area (Å²) < 4.78 is 6.30. The lowest BCUT2D eigenvalue weighted by Gasteiger charge is -2.50. The minimum atomic E-state index is 0.597. The van der Waals surface area contributed by atoms with Gasteiger partial charge >= 0.3 is 0 Å². The zero-order chi connectivity index (χ0) is 18.9. The molecular formula is C26H48O. The van der Waals surface area contributed by atoms with Crippen molar-refractivity contribution in [2.45, 2.75) is 129 Å². The average Bonchev–Trinajstić information content (AvgIpc) is 2.70. The van der Waals surface area contributed by atoms with Gasteiger partial charge in [0.15, 0.2) is 0 Å². The van der Waals surface area contributed by atoms with Crippen molar-refractivity contribution >= 4 is 0 Å². The molecule has 0 bridgehead atoms. The van der Waals surface area contributed by atoms with Gasteiger partial charge in [-0.15, -0.1) is 0 Å². The van der Waals surface area contributed by atoms with Gasteiger partial charge in [0.1, 0.15) is 0 Å². The Labute approximate surface area is 170 Å². The van der Waals surface area contributed by atoms with E-state index in [2.05, 4.69) is 13.8 Å². The maximum atomic E-state index is 6.30. The Bertz CT molecular complexity index is 392. The molecule has 6 atom stereocenters. The molecule has 3 rings (SSSR count). The van der Waals surface area contributed by atoms with E-state index in [0.717, 1.165) is 36.2 Å². The first kappa shape index (κ1) is 21.7. The van der Waals surface area contributed by atoms with Crippen molar-refractivity contribution in [2.24, 2.45) is 29.6 Å². The zero-order valence-corrected chi connectivity index (χ0v) is 18.6. The van der Waals surface area contributed by atoms with Crippen LogP contribution in [-0.2, 0) is 4.74 Å². The lowest BCUT2D eigenvalue weighted by atomic mass is 9.56. The van der Waals surface area contributed by atoms with Crippen molar-refractivity contribution in [1.82, 2.24) is 0 Å². The van der Waals surface area contributed by atoms with E-state index in [0.29, 0.717) is 6.10 Å². The molecule has 27 heavy (non-hydrogen) atoms. The molecule has 0 radical (unpaired) electrons. The van der Waals surface area contributed by atoms with Gasteiger partial charge in [-0.05, 0) is 81.0 Å². The summed E-state index contributed by atoms with van der Waals surface area (Å²) in [4.78, 5) is 0. The normalized spacial score (nSPS) is 36.2. The first-order valence-corrected chi connectivity index (χ1v) is 12.9. The third kappa shape index (κ3) is 6.48. The predicted octanol–water partition coefficient (Wildman–Crippen LogP) is 8.16. The van der Waals surface area contributed by atoms with Crippen molar-refractivity contribution in [3.05, 3.63) is 0 Å². The predicted molar refractivity (Wildman–Crippen MR) is 117 cm³/mol. The standard InChI is InChI=1S/C26H48O/c1-3-5-7-9-11-21-12-16-25-22(19-21)13-14-23-20-24(15-17-26(23)25)27-18-10-8-6-4-2/h21-26H,3-20H2,1-2H3/t21-,22?,23?,24-,25?,26?/m0/s1. The molecule has 0 heterocycles. The molecule has 3 fully saturated rings. The van der Waals surface area contributed by atoms with Crippen molar-refractivity contribution in [2.75, 3.05) is 6.61 Å². The van der Waals surface area contributed by atoms with E-state index in [1.54, 1.807) is 25.7 Å². The van der Waals surface area contributed by atoms with E-state index in [1.165, 1.54) is 83.5 Å². The van der Waals surface area contributed by atoms with Crippen LogP contribution in [0.2, 0.25) is 0 Å². The van der Waals surface area contributed by atoms with Gasteiger partial charge in [-0.2, -0.15) is 0 Å². The van der Waals surface area contributed by atoms with Gasteiger partial charge in [-0.1, -0.05) is 71.6 Å². The quantitative estimate of drug-likeness (QED) is 0.330. The second kappa shape index (κ2) is 11.8. The number of rotatable bonds is 11. The van der Waals surface area contributed by atoms with Crippen molar-refractivity contribution in [1.29, 1.82) is 0 Å². The van der Waals surface area contributed by atoms with Gasteiger partial charge in [0.25, 0.3) is 0 Å². The molecule has 0 amide bonds. The Hall–Kier alpha value is -0.0400. The topological polar surface area (TPSA) is 9.23 Å². The molecular weight excluding hydrogens is 328 g/mol. The number of hydrogen-bond acceptors (Lipinski definition) is 1. The second-order valence-corrected chi connectivity index (χ2v) is 10.3. The molecule has 3 saturated carbocycles. The fourth-order valence-electron chi connectivity index (χ4n) is 6.90. The number of unbranched alkanes of at least 4 members (excludes halogenated alkanes) is 6. The number of ether oxygens (including phenoxy) is 1. The van der Waals surface area contributed by atoms with Gasteiger partial charge in [-0.25, -0.2) is 0 Å². The largest absolute Gasteiger partial charge is 0.378 e. The summed E-state index contributed by atoms with van der Waals surface area (Å²) in [5, 5.41) is 0. The molecule has 0 aromatic carbocycles. The van der Waals surface area contributed by atoms with Crippen LogP contribution < -0.4 is 0 Å². The van der Waals surface area contributed by atoms with Crippen LogP contribution in [-0.4, -0.2) is 12.7 Å². The van der Waals surface area contributed by atoms with Crippen LogP contribution in [0.1, 0.15) is 123 Å². The van der Waals surface area contributed by atoms with Crippen LogP contribution in [0.25, 0.3) is 0 Å². The lowest BCUT2D eigenvalue weighted by Crippen LogP contribution is -2.42. The monoisotopic (exact) mass is 376 g/mol. The van der Waals surface area contributed by atoms with Gasteiger partial charge in [0.2, 0.25) is 0 Å². The first-order chi connectivity index (χ1) is 13.3. The highest BCUT2D eigenvalue weighted by Gasteiger charge is 2.44. The zero-order valence-electron chi connectivity index (χ0n) is 18.6. The average molecular weight is 377 g/mol. The smallest absolute Gasteiger partial charge is 0.0578 e. The summed E-state index contributed by atoms with van der Waals surface area (Å²) in [7, 11) is 0. The van der Waals surface area contributed by atoms with Crippen LogP contribution >= 0.6 is 0 Å². The fourth-order valence-corrected chi connectivity index (χ4v) is 6.90. The molecule has 1 nitrogen and oxygen atoms in total. The van der Waals surface area contributed by atoms with E-state index >= 15 is 0 Å². The lowest BCUT2D eigenvalue weighted by molar-refractivity contribution is -0.0539. The van der Waals surface area contributed by atoms with Gasteiger partial charge in [-0.3, -0.25) is 0 Å². The minimum absolute atomic E-state index is 0.597. The third-order valence-corrected chi connectivity index (χ3v) is 8.42. The summed E-state index contributed by atoms with van der Waals surface area (Å²) >= 11 is 0. The van der Waals surface area contributed by atoms with Crippen LogP contribution in [0.5, 0.6) is 0 Å². The minimum Gasteiger partial charge on any atom is -0.378 e. The Morgan fingerprint density at radius 2 is 1.30 bits per heavy atom. The molecule has 3 aliphatic rings. The summed E-state index contributed by atoms with van der Waals surface area (Å²) in [5.41, 5.74) is 0. The van der Waals surface area contributed by atoms with E-state index in [-0.39, 0.29) is 0 Å². The molecule has 4 unspecified atom stereocenters. The van der Waals surface area contributed by atoms with Crippen LogP contribution in [0.15, 0.2) is 0 Å². The molecule has 0 aromatic rings. The van der Waals surface area contributed by atoms with Crippen LogP contribution in [0, 0.1) is 29.6 Å². The van der Waals surface area contributed by atoms with Crippen LogP contribution in [0.3, 0.4) is 0 Å². The van der Waals surface area contributed by atoms with Crippen molar-refractivity contribution in [3.8, 4) is 0 Å². The maximum absolute atomic E-state index is 6.30. The van der Waals surface area contributed by atoms with E-state index in [4.69, 9.17) is 4.74 Å². The highest BCUT2D eigenvalue weighted by molar-refractivity contribution is 4.94. The van der Waals surface area contributed by atoms with Gasteiger partial charge in [0, 0.05) is 6.61 Å². The Morgan fingerprint density at radius 1 is 0.630 bits per heavy atom. The Morgan fingerprint density at radius 3 is 2.04 bits per heavy atom. The highest BCUT2D eigenvalue weighted by Crippen LogP contribution is 2.53. The molecule has 0 aromatic heterocycles. The van der Waals surface area contributed by atoms with Crippen LogP contribution in [0.4, 0.5) is 0 Å².